The van der Waals surface area contributed by atoms with Gasteiger partial charge in [0.05, 0.1) is 11.4 Å². The Labute approximate surface area is 124 Å². The van der Waals surface area contributed by atoms with Crippen molar-refractivity contribution in [3.8, 4) is 0 Å². The molecule has 1 aromatic rings. The molecule has 0 spiro atoms. The zero-order valence-electron chi connectivity index (χ0n) is 11.7. The number of benzene rings is 1. The smallest absolute Gasteiger partial charge is 0.232 e. The molecule has 110 valence electrons. The maximum atomic E-state index is 12.1. The van der Waals surface area contributed by atoms with Gasteiger partial charge >= 0.3 is 0 Å². The lowest BCUT2D eigenvalue weighted by Gasteiger charge is -2.35. The maximum Gasteiger partial charge on any atom is 0.232 e. The monoisotopic (exact) mass is 295 g/mol. The summed E-state index contributed by atoms with van der Waals surface area (Å²) in [5, 5.41) is 10.4. The standard InChI is InChI=1S/C15H21NO3S/c1-16(12-15(18)7-9-19-10-8-15)14(17)11-20-13-5-3-2-4-6-13/h2-6,18H,7-12H2,1H3. The second-order valence-electron chi connectivity index (χ2n) is 5.19. The van der Waals surface area contributed by atoms with Crippen molar-refractivity contribution in [3.05, 3.63) is 30.3 Å². The molecule has 0 unspecified atom stereocenters. The summed E-state index contributed by atoms with van der Waals surface area (Å²) in [5.41, 5.74) is -0.792. The van der Waals surface area contributed by atoms with Crippen molar-refractivity contribution in [2.45, 2.75) is 23.3 Å². The van der Waals surface area contributed by atoms with Crippen LogP contribution in [0.3, 0.4) is 0 Å². The van der Waals surface area contributed by atoms with E-state index >= 15 is 0 Å². The average molecular weight is 295 g/mol. The number of nitrogens with zero attached hydrogens (tertiary/aromatic N) is 1. The molecule has 5 heteroatoms. The Morgan fingerprint density at radius 3 is 2.65 bits per heavy atom. The Morgan fingerprint density at radius 1 is 1.35 bits per heavy atom. The fourth-order valence-electron chi connectivity index (χ4n) is 2.21. The van der Waals surface area contributed by atoms with Gasteiger partial charge in [-0.15, -0.1) is 11.8 Å². The predicted octanol–water partition coefficient (Wildman–Crippen LogP) is 1.78. The highest BCUT2D eigenvalue weighted by Crippen LogP contribution is 2.22. The van der Waals surface area contributed by atoms with Gasteiger partial charge in [0.1, 0.15) is 0 Å². The number of likely N-dealkylation sites (N-methyl/N-ethyl adjacent to an activating group) is 1. The molecule has 0 saturated carbocycles. The van der Waals surface area contributed by atoms with Gasteiger partial charge in [0, 0.05) is 44.5 Å². The zero-order valence-corrected chi connectivity index (χ0v) is 12.6. The number of rotatable bonds is 5. The van der Waals surface area contributed by atoms with E-state index in [2.05, 4.69) is 0 Å². The van der Waals surface area contributed by atoms with Gasteiger partial charge in [0.25, 0.3) is 0 Å². The van der Waals surface area contributed by atoms with Crippen molar-refractivity contribution >= 4 is 17.7 Å². The van der Waals surface area contributed by atoms with E-state index in [1.54, 1.807) is 11.9 Å². The van der Waals surface area contributed by atoms with Crippen LogP contribution in [0, 0.1) is 0 Å². The van der Waals surface area contributed by atoms with E-state index in [9.17, 15) is 9.90 Å². The van der Waals surface area contributed by atoms with Gasteiger partial charge in [-0.1, -0.05) is 18.2 Å². The minimum atomic E-state index is -0.792. The summed E-state index contributed by atoms with van der Waals surface area (Å²) in [6.45, 7) is 1.51. The highest BCUT2D eigenvalue weighted by atomic mass is 32.2. The van der Waals surface area contributed by atoms with Crippen molar-refractivity contribution in [3.63, 3.8) is 0 Å². The second kappa shape index (κ2) is 7.11. The normalized spacial score (nSPS) is 17.7. The number of hydrogen-bond acceptors (Lipinski definition) is 4. The molecule has 1 N–H and O–H groups in total. The highest BCUT2D eigenvalue weighted by Gasteiger charge is 2.32. The first kappa shape index (κ1) is 15.4. The lowest BCUT2D eigenvalue weighted by atomic mass is 9.94. The van der Waals surface area contributed by atoms with Gasteiger partial charge < -0.3 is 14.7 Å². The predicted molar refractivity (Wildman–Crippen MR) is 79.8 cm³/mol. The molecule has 1 aromatic carbocycles. The van der Waals surface area contributed by atoms with Crippen LogP contribution < -0.4 is 0 Å². The third-order valence-electron chi connectivity index (χ3n) is 3.49. The molecule has 20 heavy (non-hydrogen) atoms. The van der Waals surface area contributed by atoms with E-state index in [1.807, 2.05) is 30.3 Å². The average Bonchev–Trinajstić information content (AvgIpc) is 2.46. The largest absolute Gasteiger partial charge is 0.388 e. The van der Waals surface area contributed by atoms with Gasteiger partial charge in [0.15, 0.2) is 0 Å². The van der Waals surface area contributed by atoms with Crippen molar-refractivity contribution in [2.24, 2.45) is 0 Å². The molecule has 1 heterocycles. The first-order chi connectivity index (χ1) is 9.59. The molecule has 1 fully saturated rings. The first-order valence-corrected chi connectivity index (χ1v) is 7.80. The summed E-state index contributed by atoms with van der Waals surface area (Å²) in [7, 11) is 1.75. The Balaban J connectivity index is 1.79. The van der Waals surface area contributed by atoms with Gasteiger partial charge in [0.2, 0.25) is 5.91 Å². The summed E-state index contributed by atoms with van der Waals surface area (Å²) < 4.78 is 5.24. The molecule has 1 amide bonds. The number of ether oxygens (including phenoxy) is 1. The lowest BCUT2D eigenvalue weighted by molar-refractivity contribution is -0.134. The lowest BCUT2D eigenvalue weighted by Crippen LogP contribution is -2.47. The van der Waals surface area contributed by atoms with Crippen LogP contribution in [0.5, 0.6) is 0 Å². The van der Waals surface area contributed by atoms with Gasteiger partial charge in [-0.25, -0.2) is 0 Å². The molecule has 0 radical (unpaired) electrons. The fourth-order valence-corrected chi connectivity index (χ4v) is 3.07. The van der Waals surface area contributed by atoms with Crippen LogP contribution in [0.2, 0.25) is 0 Å². The molecule has 0 atom stereocenters. The summed E-state index contributed by atoms with van der Waals surface area (Å²) in [6.07, 6.45) is 1.19. The molecule has 0 bridgehead atoms. The number of thioether (sulfide) groups is 1. The zero-order chi connectivity index (χ0) is 14.4. The van der Waals surface area contributed by atoms with Crippen molar-refractivity contribution in [1.82, 2.24) is 4.90 Å². The minimum Gasteiger partial charge on any atom is -0.388 e. The SMILES string of the molecule is CN(CC1(O)CCOCC1)C(=O)CSc1ccccc1. The van der Waals surface area contributed by atoms with Gasteiger partial charge in [-0.05, 0) is 12.1 Å². The van der Waals surface area contributed by atoms with Crippen LogP contribution in [-0.2, 0) is 9.53 Å². The first-order valence-electron chi connectivity index (χ1n) is 6.81. The molecule has 1 saturated heterocycles. The van der Waals surface area contributed by atoms with E-state index in [0.29, 0.717) is 38.4 Å². The molecular weight excluding hydrogens is 274 g/mol. The Morgan fingerprint density at radius 2 is 2.00 bits per heavy atom. The van der Waals surface area contributed by atoms with E-state index in [1.165, 1.54) is 11.8 Å². The van der Waals surface area contributed by atoms with Crippen LogP contribution in [0.25, 0.3) is 0 Å². The highest BCUT2D eigenvalue weighted by molar-refractivity contribution is 8.00. The van der Waals surface area contributed by atoms with E-state index in [0.717, 1.165) is 4.90 Å². The molecule has 1 aliphatic rings. The minimum absolute atomic E-state index is 0.0405. The van der Waals surface area contributed by atoms with Crippen molar-refractivity contribution < 1.29 is 14.6 Å². The van der Waals surface area contributed by atoms with Crippen LogP contribution in [0.4, 0.5) is 0 Å². The van der Waals surface area contributed by atoms with E-state index < -0.39 is 5.60 Å². The second-order valence-corrected chi connectivity index (χ2v) is 6.24. The molecule has 0 aromatic heterocycles. The quantitative estimate of drug-likeness (QED) is 0.841. The van der Waals surface area contributed by atoms with Crippen molar-refractivity contribution in [2.75, 3.05) is 32.6 Å². The summed E-state index contributed by atoms with van der Waals surface area (Å²) in [6, 6.07) is 9.86. The summed E-state index contributed by atoms with van der Waals surface area (Å²) in [5.74, 6) is 0.436. The Kier molecular flexibility index (Phi) is 5.46. The summed E-state index contributed by atoms with van der Waals surface area (Å²) >= 11 is 1.52. The Bertz CT molecular complexity index is 432. The number of carbonyl (C=O) groups excluding carboxylic acids is 1. The van der Waals surface area contributed by atoms with E-state index in [4.69, 9.17) is 4.74 Å². The van der Waals surface area contributed by atoms with Crippen LogP contribution in [-0.4, -0.2) is 54.1 Å². The van der Waals surface area contributed by atoms with Crippen LogP contribution in [0.15, 0.2) is 35.2 Å². The molecule has 0 aliphatic carbocycles. The molecule has 2 rings (SSSR count). The summed E-state index contributed by atoms with van der Waals surface area (Å²) in [4.78, 5) is 14.8. The third-order valence-corrected chi connectivity index (χ3v) is 4.48. The maximum absolute atomic E-state index is 12.1. The number of aliphatic hydroxyl groups is 1. The van der Waals surface area contributed by atoms with Gasteiger partial charge in [-0.3, -0.25) is 4.79 Å². The third kappa shape index (κ3) is 4.51. The molecule has 1 aliphatic heterocycles. The van der Waals surface area contributed by atoms with E-state index in [-0.39, 0.29) is 5.91 Å². The fraction of sp³-hybridized carbons (Fsp3) is 0.533. The van der Waals surface area contributed by atoms with Crippen LogP contribution >= 0.6 is 11.8 Å². The molecular formula is C15H21NO3S. The van der Waals surface area contributed by atoms with Crippen molar-refractivity contribution in [1.29, 1.82) is 0 Å². The number of amides is 1. The Hall–Kier alpha value is -1.04. The van der Waals surface area contributed by atoms with Crippen LogP contribution in [0.1, 0.15) is 12.8 Å². The number of hydrogen-bond donors (Lipinski definition) is 1. The topological polar surface area (TPSA) is 49.8 Å². The van der Waals surface area contributed by atoms with Gasteiger partial charge in [-0.2, -0.15) is 0 Å². The molecule has 4 nitrogen and oxygen atoms in total. The number of carbonyl (C=O) groups is 1.